The van der Waals surface area contributed by atoms with E-state index < -0.39 is 0 Å². The largest absolute Gasteiger partial charge is 0.340 e. The standard InChI is InChI=1S/C21H25N7O3/c1-2-26-7-9-27(10-8-26)19(30)11-15-3-5-16(6-4-15)25-18(29)13-28-20-17(12-24-28)21(31)23-14-22-20/h3-6,12,14H,2,7-11,13H2,1H3,(H,25,29)(H,22,23,31). The summed E-state index contributed by atoms with van der Waals surface area (Å²) >= 11 is 0. The van der Waals surface area contributed by atoms with E-state index in [1.807, 2.05) is 17.0 Å². The molecule has 2 amide bonds. The van der Waals surface area contributed by atoms with E-state index in [1.54, 1.807) is 12.1 Å². The molecule has 1 saturated heterocycles. The van der Waals surface area contributed by atoms with Gasteiger partial charge in [0.25, 0.3) is 5.56 Å². The number of H-pyrrole nitrogens is 1. The molecule has 162 valence electrons. The third-order valence-electron chi connectivity index (χ3n) is 5.50. The normalized spacial score (nSPS) is 14.7. The van der Waals surface area contributed by atoms with Crippen molar-refractivity contribution in [1.82, 2.24) is 29.5 Å². The molecule has 0 unspecified atom stereocenters. The lowest BCUT2D eigenvalue weighted by atomic mass is 10.1. The first-order valence-corrected chi connectivity index (χ1v) is 10.3. The quantitative estimate of drug-likeness (QED) is 0.595. The van der Waals surface area contributed by atoms with Crippen molar-refractivity contribution in [3.8, 4) is 0 Å². The summed E-state index contributed by atoms with van der Waals surface area (Å²) in [7, 11) is 0. The molecule has 0 atom stereocenters. The van der Waals surface area contributed by atoms with Crippen LogP contribution in [-0.4, -0.2) is 74.1 Å². The highest BCUT2D eigenvalue weighted by molar-refractivity contribution is 5.91. The molecule has 1 aromatic carbocycles. The van der Waals surface area contributed by atoms with Crippen molar-refractivity contribution in [1.29, 1.82) is 0 Å². The minimum Gasteiger partial charge on any atom is -0.340 e. The number of aromatic nitrogens is 4. The van der Waals surface area contributed by atoms with Crippen molar-refractivity contribution in [2.45, 2.75) is 19.9 Å². The maximum Gasteiger partial charge on any atom is 0.261 e. The molecular formula is C21H25N7O3. The second-order valence-corrected chi connectivity index (χ2v) is 7.51. The highest BCUT2D eigenvalue weighted by atomic mass is 16.2. The van der Waals surface area contributed by atoms with E-state index in [-0.39, 0.29) is 23.9 Å². The van der Waals surface area contributed by atoms with Crippen LogP contribution in [0.4, 0.5) is 5.69 Å². The molecule has 1 fully saturated rings. The van der Waals surface area contributed by atoms with Gasteiger partial charge in [-0.3, -0.25) is 14.4 Å². The topological polar surface area (TPSA) is 116 Å². The fourth-order valence-electron chi connectivity index (χ4n) is 3.66. The van der Waals surface area contributed by atoms with Gasteiger partial charge in [0, 0.05) is 31.9 Å². The summed E-state index contributed by atoms with van der Waals surface area (Å²) in [6, 6.07) is 7.25. The Balaban J connectivity index is 1.32. The molecule has 10 heteroatoms. The predicted octanol–water partition coefficient (Wildman–Crippen LogP) is 0.465. The summed E-state index contributed by atoms with van der Waals surface area (Å²) in [6.45, 7) is 6.45. The summed E-state index contributed by atoms with van der Waals surface area (Å²) in [5.41, 5.74) is 1.59. The highest BCUT2D eigenvalue weighted by Gasteiger charge is 2.20. The van der Waals surface area contributed by atoms with Crippen molar-refractivity contribution in [2.24, 2.45) is 0 Å². The molecule has 1 aliphatic rings. The zero-order chi connectivity index (χ0) is 21.8. The zero-order valence-corrected chi connectivity index (χ0v) is 17.4. The van der Waals surface area contributed by atoms with Crippen LogP contribution in [0.5, 0.6) is 0 Å². The van der Waals surface area contributed by atoms with Crippen LogP contribution in [0.1, 0.15) is 12.5 Å². The molecule has 1 aliphatic heterocycles. The van der Waals surface area contributed by atoms with Gasteiger partial charge < -0.3 is 20.1 Å². The van der Waals surface area contributed by atoms with Crippen LogP contribution in [-0.2, 0) is 22.6 Å². The van der Waals surface area contributed by atoms with Gasteiger partial charge in [-0.2, -0.15) is 5.10 Å². The molecule has 2 aromatic heterocycles. The fraction of sp³-hybridized carbons (Fsp3) is 0.381. The maximum absolute atomic E-state index is 12.5. The number of likely N-dealkylation sites (N-methyl/N-ethyl adjacent to an activating group) is 1. The number of piperazine rings is 1. The van der Waals surface area contributed by atoms with Gasteiger partial charge in [-0.05, 0) is 24.2 Å². The number of amides is 2. The zero-order valence-electron chi connectivity index (χ0n) is 17.4. The van der Waals surface area contributed by atoms with Crippen LogP contribution in [0.3, 0.4) is 0 Å². The predicted molar refractivity (Wildman–Crippen MR) is 116 cm³/mol. The van der Waals surface area contributed by atoms with E-state index in [9.17, 15) is 14.4 Å². The second-order valence-electron chi connectivity index (χ2n) is 7.51. The lowest BCUT2D eigenvalue weighted by Crippen LogP contribution is -2.48. The number of carbonyl (C=O) groups excluding carboxylic acids is 2. The first-order chi connectivity index (χ1) is 15.0. The molecule has 10 nitrogen and oxygen atoms in total. The fourth-order valence-corrected chi connectivity index (χ4v) is 3.66. The number of nitrogens with one attached hydrogen (secondary N) is 2. The van der Waals surface area contributed by atoms with Crippen LogP contribution in [0.15, 0.2) is 41.6 Å². The van der Waals surface area contributed by atoms with Crippen LogP contribution in [0.2, 0.25) is 0 Å². The molecule has 0 saturated carbocycles. The van der Waals surface area contributed by atoms with Crippen molar-refractivity contribution in [3.63, 3.8) is 0 Å². The Bertz CT molecular complexity index is 1130. The monoisotopic (exact) mass is 423 g/mol. The van der Waals surface area contributed by atoms with Crippen LogP contribution in [0, 0.1) is 0 Å². The first kappa shape index (κ1) is 20.7. The number of nitrogens with zero attached hydrogens (tertiary/aromatic N) is 5. The van der Waals surface area contributed by atoms with Crippen molar-refractivity contribution in [3.05, 3.63) is 52.7 Å². The van der Waals surface area contributed by atoms with Gasteiger partial charge in [-0.15, -0.1) is 0 Å². The first-order valence-electron chi connectivity index (χ1n) is 10.3. The Labute approximate surface area is 178 Å². The molecule has 0 aliphatic carbocycles. The number of benzene rings is 1. The number of aromatic amines is 1. The van der Waals surface area contributed by atoms with Gasteiger partial charge >= 0.3 is 0 Å². The summed E-state index contributed by atoms with van der Waals surface area (Å²) in [5.74, 6) is -0.162. The van der Waals surface area contributed by atoms with Gasteiger partial charge in [0.15, 0.2) is 5.65 Å². The Morgan fingerprint density at radius 3 is 2.58 bits per heavy atom. The average molecular weight is 423 g/mol. The summed E-state index contributed by atoms with van der Waals surface area (Å²) in [4.78, 5) is 47.4. The molecule has 31 heavy (non-hydrogen) atoms. The highest BCUT2D eigenvalue weighted by Crippen LogP contribution is 2.13. The van der Waals surface area contributed by atoms with E-state index in [2.05, 4.69) is 32.2 Å². The number of carbonyl (C=O) groups is 2. The Kier molecular flexibility index (Phi) is 6.08. The second kappa shape index (κ2) is 9.09. The summed E-state index contributed by atoms with van der Waals surface area (Å²) in [5, 5.41) is 7.20. The minimum absolute atomic E-state index is 0.0655. The van der Waals surface area contributed by atoms with Gasteiger partial charge in [0.05, 0.1) is 18.9 Å². The lowest BCUT2D eigenvalue weighted by Gasteiger charge is -2.34. The van der Waals surface area contributed by atoms with Crippen molar-refractivity contribution < 1.29 is 9.59 Å². The van der Waals surface area contributed by atoms with E-state index in [4.69, 9.17) is 0 Å². The number of rotatable bonds is 6. The van der Waals surface area contributed by atoms with Crippen molar-refractivity contribution in [2.75, 3.05) is 38.0 Å². The van der Waals surface area contributed by atoms with Crippen LogP contribution in [0.25, 0.3) is 11.0 Å². The average Bonchev–Trinajstić information content (AvgIpc) is 3.19. The van der Waals surface area contributed by atoms with E-state index >= 15 is 0 Å². The number of hydrogen-bond donors (Lipinski definition) is 2. The van der Waals surface area contributed by atoms with Crippen LogP contribution < -0.4 is 10.9 Å². The van der Waals surface area contributed by atoms with Gasteiger partial charge in [0.1, 0.15) is 11.9 Å². The molecule has 0 spiro atoms. The molecule has 3 aromatic rings. The Hall–Kier alpha value is -3.53. The number of fused-ring (bicyclic) bond motifs is 1. The lowest BCUT2D eigenvalue weighted by molar-refractivity contribution is -0.132. The minimum atomic E-state index is -0.297. The Morgan fingerprint density at radius 2 is 1.87 bits per heavy atom. The molecule has 0 radical (unpaired) electrons. The van der Waals surface area contributed by atoms with Gasteiger partial charge in [0.2, 0.25) is 11.8 Å². The molecule has 0 bridgehead atoms. The number of anilines is 1. The molecule has 2 N–H and O–H groups in total. The smallest absolute Gasteiger partial charge is 0.261 e. The maximum atomic E-state index is 12.5. The summed E-state index contributed by atoms with van der Waals surface area (Å²) < 4.78 is 1.38. The molecular weight excluding hydrogens is 398 g/mol. The summed E-state index contributed by atoms with van der Waals surface area (Å²) in [6.07, 6.45) is 3.02. The molecule has 4 rings (SSSR count). The van der Waals surface area contributed by atoms with E-state index in [0.29, 0.717) is 23.1 Å². The van der Waals surface area contributed by atoms with Gasteiger partial charge in [-0.25, -0.2) is 9.67 Å². The SMILES string of the molecule is CCN1CCN(C(=O)Cc2ccc(NC(=O)Cn3ncc4c(=O)[nH]cnc43)cc2)CC1. The van der Waals surface area contributed by atoms with Crippen molar-refractivity contribution >= 4 is 28.5 Å². The number of hydrogen-bond acceptors (Lipinski definition) is 6. The van der Waals surface area contributed by atoms with Gasteiger partial charge in [-0.1, -0.05) is 19.1 Å². The Morgan fingerprint density at radius 1 is 1.13 bits per heavy atom. The van der Waals surface area contributed by atoms with Crippen LogP contribution >= 0.6 is 0 Å². The third kappa shape index (κ3) is 4.80. The molecule has 3 heterocycles. The van der Waals surface area contributed by atoms with E-state index in [0.717, 1.165) is 38.3 Å². The third-order valence-corrected chi connectivity index (χ3v) is 5.50. The van der Waals surface area contributed by atoms with E-state index in [1.165, 1.54) is 17.2 Å².